The number of hydrogen-bond acceptors (Lipinski definition) is 9. The number of aryl methyl sites for hydroxylation is 1. The molecule has 37 heavy (non-hydrogen) atoms. The number of amides is 2. The number of benzene rings is 1. The van der Waals surface area contributed by atoms with E-state index >= 15 is 0 Å². The van der Waals surface area contributed by atoms with Crippen LogP contribution in [0.25, 0.3) is 0 Å². The molecule has 2 aliphatic heterocycles. The second kappa shape index (κ2) is 8.77. The number of aromatic nitrogens is 3. The average molecular weight is 541 g/mol. The maximum absolute atomic E-state index is 13.6. The summed E-state index contributed by atoms with van der Waals surface area (Å²) in [5.74, 6) is -7.35. The van der Waals surface area contributed by atoms with Crippen LogP contribution >= 0.6 is 0 Å². The molecule has 2 atom stereocenters. The number of likely N-dealkylation sites (tertiary alicyclic amines) is 1. The largest absolute Gasteiger partial charge is 0.489 e. The van der Waals surface area contributed by atoms with E-state index in [1.54, 1.807) is 0 Å². The molecule has 0 bridgehead atoms. The molecule has 4 heterocycles. The van der Waals surface area contributed by atoms with Crippen molar-refractivity contribution in [2.24, 2.45) is 13.0 Å². The molecule has 13 nitrogen and oxygen atoms in total. The Balaban J connectivity index is 1.42. The fraction of sp³-hybridized carbons (Fsp3) is 0.300. The van der Waals surface area contributed by atoms with E-state index in [9.17, 15) is 31.2 Å². The van der Waals surface area contributed by atoms with Gasteiger partial charge in [0.05, 0.1) is 6.61 Å². The van der Waals surface area contributed by atoms with E-state index in [0.29, 0.717) is 12.1 Å². The second-order valence-electron chi connectivity index (χ2n) is 8.50. The summed E-state index contributed by atoms with van der Waals surface area (Å²) in [6.07, 6.45) is 1.14. The van der Waals surface area contributed by atoms with Gasteiger partial charge in [-0.1, -0.05) is 0 Å². The number of nitrogens with zero attached hydrogens (tertiary/aromatic N) is 4. The maximum atomic E-state index is 13.6. The van der Waals surface area contributed by atoms with E-state index in [2.05, 4.69) is 25.0 Å². The summed E-state index contributed by atoms with van der Waals surface area (Å²) in [6.45, 7) is -0.0492. The molecule has 1 saturated heterocycles. The Morgan fingerprint density at radius 1 is 1.19 bits per heavy atom. The van der Waals surface area contributed by atoms with Crippen molar-refractivity contribution in [3.63, 3.8) is 0 Å². The lowest BCUT2D eigenvalue weighted by Crippen LogP contribution is -2.43. The number of halogens is 3. The summed E-state index contributed by atoms with van der Waals surface area (Å²) < 4.78 is 80.7. The summed E-state index contributed by atoms with van der Waals surface area (Å²) in [5, 5.41) is 9.04. The minimum atomic E-state index is -4.25. The van der Waals surface area contributed by atoms with Crippen LogP contribution in [0.3, 0.4) is 0 Å². The van der Waals surface area contributed by atoms with E-state index in [1.807, 2.05) is 0 Å². The Hall–Kier alpha value is -4.12. The summed E-state index contributed by atoms with van der Waals surface area (Å²) in [7, 11) is -2.87. The van der Waals surface area contributed by atoms with Gasteiger partial charge < -0.3 is 25.3 Å². The third-order valence-corrected chi connectivity index (χ3v) is 7.52. The number of rotatable bonds is 3. The first-order valence-corrected chi connectivity index (χ1v) is 12.1. The van der Waals surface area contributed by atoms with Crippen LogP contribution in [0.4, 0.5) is 24.7 Å². The van der Waals surface area contributed by atoms with Crippen LogP contribution in [0, 0.1) is 23.4 Å². The van der Waals surface area contributed by atoms with Crippen LogP contribution in [-0.4, -0.2) is 65.8 Å². The average Bonchev–Trinajstić information content (AvgIpc) is 3.51. The molecular formula is C20H18F3N7O6S. The molecule has 0 unspecified atom stereocenters. The third-order valence-electron chi connectivity index (χ3n) is 6.04. The van der Waals surface area contributed by atoms with Gasteiger partial charge in [-0.3, -0.25) is 9.59 Å². The number of nitrogen functional groups attached to an aromatic ring is 1. The first-order valence-electron chi connectivity index (χ1n) is 10.6. The van der Waals surface area contributed by atoms with Gasteiger partial charge in [-0.25, -0.2) is 30.9 Å². The van der Waals surface area contributed by atoms with Crippen molar-refractivity contribution in [1.82, 2.24) is 24.5 Å². The van der Waals surface area contributed by atoms with Crippen LogP contribution in [0.15, 0.2) is 27.9 Å². The topological polar surface area (TPSA) is 175 Å². The number of nitrogens with one attached hydrogen (secondary N) is 2. The van der Waals surface area contributed by atoms with Crippen LogP contribution in [0.1, 0.15) is 21.0 Å². The van der Waals surface area contributed by atoms with Crippen molar-refractivity contribution in [2.75, 3.05) is 30.7 Å². The molecule has 2 aromatic heterocycles. The van der Waals surface area contributed by atoms with Crippen molar-refractivity contribution in [3.05, 3.63) is 47.2 Å². The molecule has 0 radical (unpaired) electrons. The number of anilines is 2. The van der Waals surface area contributed by atoms with E-state index < -0.39 is 56.9 Å². The van der Waals surface area contributed by atoms with Gasteiger partial charge in [0, 0.05) is 56.1 Å². The van der Waals surface area contributed by atoms with Gasteiger partial charge in [0.15, 0.2) is 28.9 Å². The Morgan fingerprint density at radius 3 is 2.54 bits per heavy atom. The number of fused-ring (bicyclic) bond motifs is 2. The highest BCUT2D eigenvalue weighted by atomic mass is 32.2. The Morgan fingerprint density at radius 2 is 1.89 bits per heavy atom. The number of carbonyl (C=O) groups is 2. The van der Waals surface area contributed by atoms with Gasteiger partial charge in [-0.2, -0.15) is 0 Å². The number of carbonyl (C=O) groups excluding carboxylic acids is 2. The predicted molar refractivity (Wildman–Crippen MR) is 117 cm³/mol. The SMILES string of the molecule is Cn1cc2c(c1C(=O)Nc1cc(F)c(F)c(F)c1)OC[C@H]1CN(C(=O)c3nonc3N)C[C@H]1NS2(=O)=O. The molecule has 0 spiro atoms. The molecule has 1 fully saturated rings. The predicted octanol–water partition coefficient (Wildman–Crippen LogP) is 0.471. The second-order valence-corrected chi connectivity index (χ2v) is 10.2. The van der Waals surface area contributed by atoms with Gasteiger partial charge >= 0.3 is 0 Å². The maximum Gasteiger partial charge on any atom is 0.280 e. The molecule has 1 aromatic carbocycles. The van der Waals surface area contributed by atoms with Crippen molar-refractivity contribution in [1.29, 1.82) is 0 Å². The highest BCUT2D eigenvalue weighted by Gasteiger charge is 2.43. The van der Waals surface area contributed by atoms with Gasteiger partial charge in [-0.05, 0) is 10.3 Å². The highest BCUT2D eigenvalue weighted by molar-refractivity contribution is 7.89. The molecule has 2 amide bonds. The lowest BCUT2D eigenvalue weighted by atomic mass is 10.1. The molecule has 196 valence electrons. The first-order chi connectivity index (χ1) is 17.5. The molecular weight excluding hydrogens is 523 g/mol. The van der Waals surface area contributed by atoms with Crippen LogP contribution in [-0.2, 0) is 17.1 Å². The molecule has 3 aromatic rings. The summed E-state index contributed by atoms with van der Waals surface area (Å²) in [5.41, 5.74) is 4.70. The van der Waals surface area contributed by atoms with Gasteiger partial charge in [0.25, 0.3) is 11.8 Å². The zero-order valence-corrected chi connectivity index (χ0v) is 19.7. The summed E-state index contributed by atoms with van der Waals surface area (Å²) in [4.78, 5) is 26.7. The molecule has 17 heteroatoms. The summed E-state index contributed by atoms with van der Waals surface area (Å²) >= 11 is 0. The molecule has 2 aliphatic rings. The van der Waals surface area contributed by atoms with E-state index in [1.165, 1.54) is 16.5 Å². The minimum Gasteiger partial charge on any atom is -0.489 e. The van der Waals surface area contributed by atoms with E-state index in [-0.39, 0.29) is 47.5 Å². The fourth-order valence-corrected chi connectivity index (χ4v) is 5.76. The standard InChI is InChI=1S/C20H18F3N7O6S/c1-29-6-13-17(16(29)19(31)25-9-2-10(21)14(23)11(22)3-9)35-7-8-4-30(5-12(8)28-37(13,33)34)20(32)15-18(24)27-36-26-15/h2-3,6,8,12,28H,4-5,7H2,1H3,(H2,24,27)(H,25,31)/t8-,12-/m1/s1. The lowest BCUT2D eigenvalue weighted by molar-refractivity contribution is 0.0771. The smallest absolute Gasteiger partial charge is 0.280 e. The lowest BCUT2D eigenvalue weighted by Gasteiger charge is -2.23. The van der Waals surface area contributed by atoms with Crippen molar-refractivity contribution in [2.45, 2.75) is 10.9 Å². The highest BCUT2D eigenvalue weighted by Crippen LogP contribution is 2.35. The van der Waals surface area contributed by atoms with Crippen molar-refractivity contribution >= 4 is 33.3 Å². The summed E-state index contributed by atoms with van der Waals surface area (Å²) in [6, 6.07) is 0.424. The third kappa shape index (κ3) is 4.25. The van der Waals surface area contributed by atoms with E-state index in [0.717, 1.165) is 6.20 Å². The van der Waals surface area contributed by atoms with E-state index in [4.69, 9.17) is 10.5 Å². The van der Waals surface area contributed by atoms with Crippen LogP contribution in [0.2, 0.25) is 0 Å². The van der Waals surface area contributed by atoms with Crippen molar-refractivity contribution in [3.8, 4) is 5.75 Å². The zero-order valence-electron chi connectivity index (χ0n) is 18.9. The van der Waals surface area contributed by atoms with Crippen molar-refractivity contribution < 1.29 is 40.5 Å². The number of hydrogen-bond donors (Lipinski definition) is 3. The van der Waals surface area contributed by atoms with Gasteiger partial charge in [-0.15, -0.1) is 0 Å². The normalized spacial score (nSPS) is 20.4. The van der Waals surface area contributed by atoms with Crippen LogP contribution < -0.4 is 20.5 Å². The van der Waals surface area contributed by atoms with Gasteiger partial charge in [0.2, 0.25) is 21.5 Å². The Bertz CT molecular complexity index is 1520. The Kier molecular flexibility index (Phi) is 5.82. The molecule has 0 saturated carbocycles. The zero-order chi connectivity index (χ0) is 26.6. The minimum absolute atomic E-state index is 0.0183. The van der Waals surface area contributed by atoms with Crippen LogP contribution in [0.5, 0.6) is 5.75 Å². The molecule has 5 rings (SSSR count). The Labute approximate surface area is 206 Å². The first kappa shape index (κ1) is 24.6. The molecule has 0 aliphatic carbocycles. The molecule has 4 N–H and O–H groups in total. The number of nitrogens with two attached hydrogens (primary N) is 1. The monoisotopic (exact) mass is 541 g/mol. The number of sulfonamides is 1. The van der Waals surface area contributed by atoms with Gasteiger partial charge in [0.1, 0.15) is 4.90 Å². The number of ether oxygens (including phenoxy) is 1. The quantitative estimate of drug-likeness (QED) is 0.398. The fourth-order valence-electron chi connectivity index (χ4n) is 4.27.